The quantitative estimate of drug-likeness (QED) is 0.327. The number of methoxy groups -OCH3 is 1. The molecular formula is C22H29BrN4O2Si. The molecular weight excluding hydrogens is 460 g/mol. The van der Waals surface area contributed by atoms with E-state index in [0.717, 1.165) is 58.3 Å². The van der Waals surface area contributed by atoms with Crippen LogP contribution in [0.1, 0.15) is 17.7 Å². The van der Waals surface area contributed by atoms with Crippen molar-refractivity contribution in [3.8, 4) is 11.3 Å². The highest BCUT2D eigenvalue weighted by Gasteiger charge is 2.23. The Balaban J connectivity index is 1.77. The molecule has 0 bridgehead atoms. The molecule has 0 spiro atoms. The summed E-state index contributed by atoms with van der Waals surface area (Å²) in [7, 11) is 2.71. The molecule has 0 N–H and O–H groups in total. The van der Waals surface area contributed by atoms with Crippen molar-refractivity contribution in [1.29, 1.82) is 0 Å². The van der Waals surface area contributed by atoms with E-state index in [0.29, 0.717) is 6.73 Å². The molecule has 1 aliphatic rings. The van der Waals surface area contributed by atoms with Crippen molar-refractivity contribution in [2.75, 3.05) is 13.7 Å². The van der Waals surface area contributed by atoms with Crippen LogP contribution in [-0.2, 0) is 29.7 Å². The predicted octanol–water partition coefficient (Wildman–Crippen LogP) is 5.45. The molecule has 0 amide bonds. The van der Waals surface area contributed by atoms with Crippen LogP contribution in [0.2, 0.25) is 25.7 Å². The Morgan fingerprint density at radius 3 is 2.77 bits per heavy atom. The minimum Gasteiger partial charge on any atom is -0.501 e. The van der Waals surface area contributed by atoms with Crippen LogP contribution in [0.25, 0.3) is 28.5 Å². The molecule has 1 aliphatic carbocycles. The van der Waals surface area contributed by atoms with Crippen LogP contribution in [0.4, 0.5) is 0 Å². The van der Waals surface area contributed by atoms with Gasteiger partial charge < -0.3 is 14.0 Å². The van der Waals surface area contributed by atoms with Crippen LogP contribution in [0, 0.1) is 0 Å². The third-order valence-corrected chi connectivity index (χ3v) is 7.67. The summed E-state index contributed by atoms with van der Waals surface area (Å²) in [5.74, 6) is 1.02. The second-order valence-corrected chi connectivity index (χ2v) is 15.5. The molecule has 0 radical (unpaired) electrons. The molecule has 0 fully saturated rings. The van der Waals surface area contributed by atoms with Gasteiger partial charge in [-0.3, -0.25) is 4.57 Å². The van der Waals surface area contributed by atoms with Crippen LogP contribution < -0.4 is 0 Å². The van der Waals surface area contributed by atoms with E-state index in [9.17, 15) is 0 Å². The largest absolute Gasteiger partial charge is 0.501 e. The summed E-state index contributed by atoms with van der Waals surface area (Å²) in [4.78, 5) is 9.28. The fourth-order valence-electron chi connectivity index (χ4n) is 3.89. The van der Waals surface area contributed by atoms with Gasteiger partial charge in [0.2, 0.25) is 0 Å². The minimum absolute atomic E-state index is 0.462. The zero-order valence-corrected chi connectivity index (χ0v) is 20.9. The van der Waals surface area contributed by atoms with Crippen molar-refractivity contribution in [3.63, 3.8) is 0 Å². The average molecular weight is 489 g/mol. The maximum atomic E-state index is 6.12. The molecule has 0 aromatic carbocycles. The van der Waals surface area contributed by atoms with Crippen LogP contribution in [-0.4, -0.2) is 40.9 Å². The van der Waals surface area contributed by atoms with Gasteiger partial charge in [-0.1, -0.05) is 19.6 Å². The SMILES string of the molecule is COC1=Cc2c(-c3cc4nc(Br)cnc4n3COCC[Si](C)(C)C)cn(C)c2CC1. The van der Waals surface area contributed by atoms with Crippen molar-refractivity contribution in [2.45, 2.75) is 45.3 Å². The minimum atomic E-state index is -1.14. The van der Waals surface area contributed by atoms with E-state index in [1.165, 1.54) is 11.3 Å². The molecule has 0 saturated heterocycles. The van der Waals surface area contributed by atoms with Crippen molar-refractivity contribution in [3.05, 3.63) is 40.1 Å². The molecule has 0 saturated carbocycles. The van der Waals surface area contributed by atoms with Crippen molar-refractivity contribution in [2.24, 2.45) is 7.05 Å². The van der Waals surface area contributed by atoms with Crippen molar-refractivity contribution < 1.29 is 9.47 Å². The van der Waals surface area contributed by atoms with Gasteiger partial charge in [-0.15, -0.1) is 0 Å². The summed E-state index contributed by atoms with van der Waals surface area (Å²) in [6.45, 7) is 8.33. The Kier molecular flexibility index (Phi) is 5.92. The number of fused-ring (bicyclic) bond motifs is 2. The lowest BCUT2D eigenvalue weighted by Crippen LogP contribution is -2.22. The fourth-order valence-corrected chi connectivity index (χ4v) is 4.94. The third kappa shape index (κ3) is 4.26. The van der Waals surface area contributed by atoms with Crippen LogP contribution >= 0.6 is 15.9 Å². The van der Waals surface area contributed by atoms with E-state index >= 15 is 0 Å². The number of ether oxygens (including phenoxy) is 2. The average Bonchev–Trinajstić information content (AvgIpc) is 3.21. The van der Waals surface area contributed by atoms with Gasteiger partial charge in [-0.05, 0) is 40.5 Å². The molecule has 0 atom stereocenters. The molecule has 3 aromatic heterocycles. The number of hydrogen-bond donors (Lipinski definition) is 0. The summed E-state index contributed by atoms with van der Waals surface area (Å²) in [5.41, 5.74) is 6.46. The number of hydrogen-bond acceptors (Lipinski definition) is 4. The highest BCUT2D eigenvalue weighted by Crippen LogP contribution is 2.36. The van der Waals surface area contributed by atoms with E-state index in [1.54, 1.807) is 13.3 Å². The Labute approximate surface area is 187 Å². The fraction of sp³-hybridized carbons (Fsp3) is 0.455. The van der Waals surface area contributed by atoms with Crippen molar-refractivity contribution in [1.82, 2.24) is 19.1 Å². The molecule has 8 heteroatoms. The number of aryl methyl sites for hydroxylation is 1. The lowest BCUT2D eigenvalue weighted by molar-refractivity contribution is 0.0909. The Morgan fingerprint density at radius 1 is 1.23 bits per heavy atom. The standard InChI is InChI=1S/C22H29BrN4O2Si/c1-26-13-17(16-10-15(28-2)6-7-19(16)26)20-11-18-22(24-12-21(23)25-18)27(20)14-29-8-9-30(3,4)5/h10-13H,6-9,14H2,1-5H3. The smallest absolute Gasteiger partial charge is 0.161 e. The van der Waals surface area contributed by atoms with Gasteiger partial charge in [-0.2, -0.15) is 0 Å². The van der Waals surface area contributed by atoms with Crippen LogP contribution in [0.3, 0.4) is 0 Å². The monoisotopic (exact) mass is 488 g/mol. The van der Waals surface area contributed by atoms with Gasteiger partial charge in [0.1, 0.15) is 16.9 Å². The Morgan fingerprint density at radius 2 is 2.03 bits per heavy atom. The number of aromatic nitrogens is 4. The molecule has 30 heavy (non-hydrogen) atoms. The van der Waals surface area contributed by atoms with E-state index < -0.39 is 8.07 Å². The number of allylic oxidation sites excluding steroid dienone is 1. The molecule has 0 aliphatic heterocycles. The third-order valence-electron chi connectivity index (χ3n) is 5.59. The predicted molar refractivity (Wildman–Crippen MR) is 127 cm³/mol. The first-order valence-electron chi connectivity index (χ1n) is 10.3. The summed E-state index contributed by atoms with van der Waals surface area (Å²) in [6.07, 6.45) is 8.01. The Hall–Kier alpha value is -1.90. The lowest BCUT2D eigenvalue weighted by Gasteiger charge is -2.17. The Bertz CT molecular complexity index is 1110. The molecule has 6 nitrogen and oxygen atoms in total. The summed E-state index contributed by atoms with van der Waals surface area (Å²) < 4.78 is 16.8. The van der Waals surface area contributed by atoms with Crippen LogP contribution in [0.15, 0.2) is 28.8 Å². The first-order valence-corrected chi connectivity index (χ1v) is 14.8. The topological polar surface area (TPSA) is 54.1 Å². The summed E-state index contributed by atoms with van der Waals surface area (Å²) in [6, 6.07) is 3.25. The van der Waals surface area contributed by atoms with Gasteiger partial charge in [-0.25, -0.2) is 9.97 Å². The summed E-state index contributed by atoms with van der Waals surface area (Å²) in [5, 5.41) is 0. The van der Waals surface area contributed by atoms with Crippen LogP contribution in [0.5, 0.6) is 0 Å². The number of nitrogens with zero attached hydrogens (tertiary/aromatic N) is 4. The van der Waals surface area contributed by atoms with Gasteiger partial charge >= 0.3 is 0 Å². The molecule has 0 unspecified atom stereocenters. The summed E-state index contributed by atoms with van der Waals surface area (Å²) >= 11 is 3.45. The highest BCUT2D eigenvalue weighted by molar-refractivity contribution is 9.10. The second-order valence-electron chi connectivity index (χ2n) is 9.04. The lowest BCUT2D eigenvalue weighted by atomic mass is 9.99. The van der Waals surface area contributed by atoms with Gasteiger partial charge in [0.05, 0.1) is 24.8 Å². The zero-order valence-electron chi connectivity index (χ0n) is 18.3. The van der Waals surface area contributed by atoms with Gasteiger partial charge in [0, 0.05) is 51.2 Å². The molecule has 4 rings (SSSR count). The maximum Gasteiger partial charge on any atom is 0.161 e. The zero-order chi connectivity index (χ0) is 21.5. The van der Waals surface area contributed by atoms with Gasteiger partial charge in [0.15, 0.2) is 5.65 Å². The van der Waals surface area contributed by atoms with E-state index in [-0.39, 0.29) is 0 Å². The highest BCUT2D eigenvalue weighted by atomic mass is 79.9. The second kappa shape index (κ2) is 8.32. The molecule has 160 valence electrons. The van der Waals surface area contributed by atoms with E-state index in [4.69, 9.17) is 9.47 Å². The first-order chi connectivity index (χ1) is 14.3. The van der Waals surface area contributed by atoms with E-state index in [2.05, 4.69) is 80.1 Å². The van der Waals surface area contributed by atoms with Crippen molar-refractivity contribution >= 4 is 41.2 Å². The normalized spacial score (nSPS) is 14.1. The molecule has 3 heterocycles. The number of rotatable bonds is 7. The van der Waals surface area contributed by atoms with E-state index in [1.807, 2.05) is 0 Å². The van der Waals surface area contributed by atoms with Gasteiger partial charge in [0.25, 0.3) is 0 Å². The number of halogens is 1. The maximum absolute atomic E-state index is 6.12. The first kappa shape index (κ1) is 21.3. The molecule has 3 aromatic rings.